The second-order valence-corrected chi connectivity index (χ2v) is 6.20. The van der Waals surface area contributed by atoms with Gasteiger partial charge < -0.3 is 20.1 Å². The Bertz CT molecular complexity index is 820. The van der Waals surface area contributed by atoms with Crippen molar-refractivity contribution in [1.29, 1.82) is 0 Å². The van der Waals surface area contributed by atoms with Gasteiger partial charge in [0.05, 0.1) is 6.54 Å². The summed E-state index contributed by atoms with van der Waals surface area (Å²) in [7, 11) is 1.58. The second kappa shape index (κ2) is 8.55. The first kappa shape index (κ1) is 18.7. The molecule has 1 aliphatic rings. The van der Waals surface area contributed by atoms with Crippen molar-refractivity contribution in [2.24, 2.45) is 0 Å². The predicted molar refractivity (Wildman–Crippen MR) is 102 cm³/mol. The molecule has 2 aromatic rings. The topological polar surface area (TPSA) is 79.9 Å². The zero-order chi connectivity index (χ0) is 19.2. The highest BCUT2D eigenvalue weighted by Crippen LogP contribution is 2.32. The number of fused-ring (bicyclic) bond motifs is 1. The van der Waals surface area contributed by atoms with Crippen molar-refractivity contribution in [2.75, 3.05) is 32.2 Å². The van der Waals surface area contributed by atoms with Crippen molar-refractivity contribution >= 4 is 17.5 Å². The Morgan fingerprint density at radius 3 is 2.52 bits per heavy atom. The Morgan fingerprint density at radius 1 is 1.07 bits per heavy atom. The van der Waals surface area contributed by atoms with Crippen molar-refractivity contribution in [3.63, 3.8) is 0 Å². The fourth-order valence-corrected chi connectivity index (χ4v) is 2.83. The van der Waals surface area contributed by atoms with Gasteiger partial charge in [0.25, 0.3) is 5.91 Å². The van der Waals surface area contributed by atoms with Gasteiger partial charge >= 0.3 is 0 Å². The maximum Gasteiger partial charge on any atom is 0.251 e. The van der Waals surface area contributed by atoms with Gasteiger partial charge in [0.1, 0.15) is 0 Å². The van der Waals surface area contributed by atoms with E-state index in [0.29, 0.717) is 17.8 Å². The number of likely N-dealkylation sites (N-methyl/N-ethyl adjacent to an activating group) is 1. The number of ether oxygens (including phenoxy) is 2. The average molecular weight is 369 g/mol. The summed E-state index contributed by atoms with van der Waals surface area (Å²) in [5.74, 6) is 1.23. The highest BCUT2D eigenvalue weighted by atomic mass is 16.7. The smallest absolute Gasteiger partial charge is 0.251 e. The van der Waals surface area contributed by atoms with E-state index in [2.05, 4.69) is 10.6 Å². The lowest BCUT2D eigenvalue weighted by atomic mass is 10.2. The van der Waals surface area contributed by atoms with E-state index in [0.717, 1.165) is 23.6 Å². The number of hydrogen-bond acceptors (Lipinski definition) is 5. The minimum absolute atomic E-state index is 0.106. The maximum absolute atomic E-state index is 12.4. The number of rotatable bonds is 7. The molecule has 3 rings (SSSR count). The standard InChI is InChI=1S/C20H23N3O4/c1-3-23(11-14-4-9-17-18(10-14)27-13-26-17)12-19(24)22-16-7-5-15(6-8-16)20(25)21-2/h4-10H,3,11-13H2,1-2H3,(H,21,25)(H,22,24). The fourth-order valence-electron chi connectivity index (χ4n) is 2.83. The van der Waals surface area contributed by atoms with Crippen LogP contribution in [-0.4, -0.2) is 43.6 Å². The van der Waals surface area contributed by atoms with Crippen LogP contribution >= 0.6 is 0 Å². The Kier molecular flexibility index (Phi) is 5.93. The first-order valence-corrected chi connectivity index (χ1v) is 8.82. The molecule has 7 heteroatoms. The Labute approximate surface area is 158 Å². The Hall–Kier alpha value is -3.06. The molecule has 2 N–H and O–H groups in total. The summed E-state index contributed by atoms with van der Waals surface area (Å²) in [6, 6.07) is 12.6. The molecule has 1 aliphatic heterocycles. The van der Waals surface area contributed by atoms with Crippen LogP contribution in [0.1, 0.15) is 22.8 Å². The van der Waals surface area contributed by atoms with E-state index < -0.39 is 0 Å². The Morgan fingerprint density at radius 2 is 1.81 bits per heavy atom. The lowest BCUT2D eigenvalue weighted by molar-refractivity contribution is -0.117. The molecule has 27 heavy (non-hydrogen) atoms. The number of nitrogens with zero attached hydrogens (tertiary/aromatic N) is 1. The molecule has 0 fully saturated rings. The highest BCUT2D eigenvalue weighted by molar-refractivity contribution is 5.96. The third kappa shape index (κ3) is 4.77. The number of hydrogen-bond donors (Lipinski definition) is 2. The van der Waals surface area contributed by atoms with Crippen LogP contribution in [0.25, 0.3) is 0 Å². The zero-order valence-electron chi connectivity index (χ0n) is 15.5. The molecular formula is C20H23N3O4. The minimum Gasteiger partial charge on any atom is -0.454 e. The zero-order valence-corrected chi connectivity index (χ0v) is 15.5. The van der Waals surface area contributed by atoms with Gasteiger partial charge in [0, 0.05) is 24.8 Å². The van der Waals surface area contributed by atoms with E-state index in [-0.39, 0.29) is 25.2 Å². The van der Waals surface area contributed by atoms with E-state index in [1.807, 2.05) is 30.0 Å². The summed E-state index contributed by atoms with van der Waals surface area (Å²) in [6.07, 6.45) is 0. The largest absolute Gasteiger partial charge is 0.454 e. The SMILES string of the molecule is CCN(CC(=O)Nc1ccc(C(=O)NC)cc1)Cc1ccc2c(c1)OCO2. The quantitative estimate of drug-likeness (QED) is 0.782. The molecule has 0 atom stereocenters. The van der Waals surface area contributed by atoms with Crippen LogP contribution in [0, 0.1) is 0 Å². The molecule has 7 nitrogen and oxygen atoms in total. The van der Waals surface area contributed by atoms with Crippen molar-refractivity contribution < 1.29 is 19.1 Å². The second-order valence-electron chi connectivity index (χ2n) is 6.20. The average Bonchev–Trinajstić information content (AvgIpc) is 3.15. The molecule has 0 unspecified atom stereocenters. The van der Waals surface area contributed by atoms with Gasteiger partial charge in [-0.15, -0.1) is 0 Å². The molecule has 0 saturated heterocycles. The van der Waals surface area contributed by atoms with Gasteiger partial charge in [-0.3, -0.25) is 14.5 Å². The number of carbonyl (C=O) groups is 2. The van der Waals surface area contributed by atoms with Crippen LogP contribution in [0.15, 0.2) is 42.5 Å². The van der Waals surface area contributed by atoms with Crippen LogP contribution < -0.4 is 20.1 Å². The molecule has 0 radical (unpaired) electrons. The number of anilines is 1. The highest BCUT2D eigenvalue weighted by Gasteiger charge is 2.15. The van der Waals surface area contributed by atoms with E-state index in [1.165, 1.54) is 0 Å². The van der Waals surface area contributed by atoms with Crippen molar-refractivity contribution in [3.8, 4) is 11.5 Å². The lowest BCUT2D eigenvalue weighted by Crippen LogP contribution is -2.32. The third-order valence-corrected chi connectivity index (χ3v) is 4.32. The van der Waals surface area contributed by atoms with Gasteiger partial charge in [0.2, 0.25) is 12.7 Å². The van der Waals surface area contributed by atoms with Gasteiger partial charge in [-0.1, -0.05) is 13.0 Å². The van der Waals surface area contributed by atoms with E-state index in [1.54, 1.807) is 31.3 Å². The molecule has 0 spiro atoms. The van der Waals surface area contributed by atoms with Crippen LogP contribution in [-0.2, 0) is 11.3 Å². The summed E-state index contributed by atoms with van der Waals surface area (Å²) in [4.78, 5) is 25.9. The normalized spacial score (nSPS) is 12.1. The van der Waals surface area contributed by atoms with E-state index in [9.17, 15) is 9.59 Å². The molecule has 2 amide bonds. The van der Waals surface area contributed by atoms with Crippen LogP contribution in [0.3, 0.4) is 0 Å². The van der Waals surface area contributed by atoms with Crippen LogP contribution in [0.5, 0.6) is 11.5 Å². The Balaban J connectivity index is 1.56. The van der Waals surface area contributed by atoms with Gasteiger partial charge in [-0.05, 0) is 48.5 Å². The molecule has 142 valence electrons. The molecular weight excluding hydrogens is 346 g/mol. The monoisotopic (exact) mass is 369 g/mol. The molecule has 0 aliphatic carbocycles. The predicted octanol–water partition coefficient (Wildman–Crippen LogP) is 2.24. The lowest BCUT2D eigenvalue weighted by Gasteiger charge is -2.20. The van der Waals surface area contributed by atoms with Crippen molar-refractivity contribution in [3.05, 3.63) is 53.6 Å². The molecule has 0 saturated carbocycles. The summed E-state index contributed by atoms with van der Waals surface area (Å²) in [5, 5.41) is 5.43. The molecule has 1 heterocycles. The first-order chi connectivity index (χ1) is 13.1. The number of benzene rings is 2. The van der Waals surface area contributed by atoms with Crippen molar-refractivity contribution in [2.45, 2.75) is 13.5 Å². The summed E-state index contributed by atoms with van der Waals surface area (Å²) < 4.78 is 10.7. The number of amides is 2. The van der Waals surface area contributed by atoms with Gasteiger partial charge in [-0.2, -0.15) is 0 Å². The molecule has 0 aromatic heterocycles. The molecule has 2 aromatic carbocycles. The summed E-state index contributed by atoms with van der Waals surface area (Å²) in [6.45, 7) is 3.89. The summed E-state index contributed by atoms with van der Waals surface area (Å²) >= 11 is 0. The maximum atomic E-state index is 12.4. The summed E-state index contributed by atoms with van der Waals surface area (Å²) in [5.41, 5.74) is 2.27. The van der Waals surface area contributed by atoms with Gasteiger partial charge in [-0.25, -0.2) is 0 Å². The van der Waals surface area contributed by atoms with Crippen molar-refractivity contribution in [1.82, 2.24) is 10.2 Å². The van der Waals surface area contributed by atoms with E-state index in [4.69, 9.17) is 9.47 Å². The third-order valence-electron chi connectivity index (χ3n) is 4.32. The number of carbonyl (C=O) groups excluding carboxylic acids is 2. The number of nitrogens with one attached hydrogen (secondary N) is 2. The molecule has 0 bridgehead atoms. The van der Waals surface area contributed by atoms with Gasteiger partial charge in [0.15, 0.2) is 11.5 Å². The fraction of sp³-hybridized carbons (Fsp3) is 0.300. The first-order valence-electron chi connectivity index (χ1n) is 8.82. The van der Waals surface area contributed by atoms with E-state index >= 15 is 0 Å². The van der Waals surface area contributed by atoms with Crippen LogP contribution in [0.4, 0.5) is 5.69 Å². The van der Waals surface area contributed by atoms with Crippen LogP contribution in [0.2, 0.25) is 0 Å². The minimum atomic E-state index is -0.159.